The second kappa shape index (κ2) is 8.37. The number of amides is 1. The van der Waals surface area contributed by atoms with Gasteiger partial charge < -0.3 is 19.9 Å². The van der Waals surface area contributed by atoms with Gasteiger partial charge in [0.25, 0.3) is 0 Å². The van der Waals surface area contributed by atoms with Crippen LogP contribution in [-0.4, -0.2) is 28.4 Å². The first kappa shape index (κ1) is 21.0. The molecular formula is C22H27FN2O4. The molecular weight excluding hydrogens is 375 g/mol. The Balaban J connectivity index is 1.87. The lowest BCUT2D eigenvalue weighted by Crippen LogP contribution is -2.41. The summed E-state index contributed by atoms with van der Waals surface area (Å²) in [4.78, 5) is 16.6. The number of carbonyl (C=O) groups is 1. The standard InChI is InChI=1S/C22H27FN2O4/c1-21(2,3)29-20(27)25-22(12-16(22)9-10-26)18-11-17(23)13-24-19(18)28-14-15-7-5-4-6-8-15/h4-8,11,13,16,26H,9-10,12,14H2,1-3H3,(H,25,27). The predicted octanol–water partition coefficient (Wildman–Crippen LogP) is 3.92. The van der Waals surface area contributed by atoms with Gasteiger partial charge in [0.2, 0.25) is 5.88 Å². The molecule has 1 aliphatic carbocycles. The van der Waals surface area contributed by atoms with E-state index in [-0.39, 0.29) is 25.0 Å². The average Bonchev–Trinajstić information content (AvgIpc) is 3.33. The molecule has 2 aromatic rings. The van der Waals surface area contributed by atoms with Gasteiger partial charge in [0.15, 0.2) is 0 Å². The van der Waals surface area contributed by atoms with Crippen LogP contribution in [0.3, 0.4) is 0 Å². The third-order valence-corrected chi connectivity index (χ3v) is 4.82. The summed E-state index contributed by atoms with van der Waals surface area (Å²) in [5.74, 6) is -0.332. The second-order valence-electron chi connectivity index (χ2n) is 8.29. The second-order valence-corrected chi connectivity index (χ2v) is 8.29. The molecule has 2 atom stereocenters. The fourth-order valence-corrected chi connectivity index (χ4v) is 3.46. The number of nitrogens with zero attached hydrogens (tertiary/aromatic N) is 1. The molecule has 1 heterocycles. The van der Waals surface area contributed by atoms with Crippen molar-refractivity contribution in [1.29, 1.82) is 0 Å². The van der Waals surface area contributed by atoms with Crippen LogP contribution >= 0.6 is 0 Å². The van der Waals surface area contributed by atoms with Crippen molar-refractivity contribution < 1.29 is 23.8 Å². The van der Waals surface area contributed by atoms with E-state index in [0.29, 0.717) is 18.4 Å². The van der Waals surface area contributed by atoms with Gasteiger partial charge in [0.05, 0.1) is 11.7 Å². The maximum atomic E-state index is 14.1. The lowest BCUT2D eigenvalue weighted by Gasteiger charge is -2.25. The van der Waals surface area contributed by atoms with Crippen molar-refractivity contribution in [3.8, 4) is 5.88 Å². The molecule has 6 nitrogen and oxygen atoms in total. The normalized spacial score (nSPS) is 20.8. The summed E-state index contributed by atoms with van der Waals surface area (Å²) in [6.07, 6.45) is 1.50. The third-order valence-electron chi connectivity index (χ3n) is 4.82. The van der Waals surface area contributed by atoms with Gasteiger partial charge in [-0.25, -0.2) is 14.2 Å². The Kier molecular flexibility index (Phi) is 6.07. The molecule has 0 saturated heterocycles. The van der Waals surface area contributed by atoms with Gasteiger partial charge in [-0.15, -0.1) is 0 Å². The number of aromatic nitrogens is 1. The Hall–Kier alpha value is -2.67. The van der Waals surface area contributed by atoms with Crippen LogP contribution in [0.1, 0.15) is 44.7 Å². The smallest absolute Gasteiger partial charge is 0.408 e. The van der Waals surface area contributed by atoms with Gasteiger partial charge >= 0.3 is 6.09 Å². The summed E-state index contributed by atoms with van der Waals surface area (Å²) in [6, 6.07) is 10.9. The maximum absolute atomic E-state index is 14.1. The number of nitrogens with one attached hydrogen (secondary N) is 1. The summed E-state index contributed by atoms with van der Waals surface area (Å²) in [6.45, 7) is 5.55. The van der Waals surface area contributed by atoms with Crippen molar-refractivity contribution in [3.05, 3.63) is 59.5 Å². The third kappa shape index (κ3) is 5.23. The summed E-state index contributed by atoms with van der Waals surface area (Å²) in [7, 11) is 0. The van der Waals surface area contributed by atoms with E-state index in [1.807, 2.05) is 30.3 Å². The Morgan fingerprint density at radius 2 is 2.07 bits per heavy atom. The average molecular weight is 402 g/mol. The SMILES string of the molecule is CC(C)(C)OC(=O)NC1(c2cc(F)cnc2OCc2ccccc2)CC1CCO. The minimum Gasteiger partial charge on any atom is -0.473 e. The van der Waals surface area contributed by atoms with Gasteiger partial charge in [-0.1, -0.05) is 30.3 Å². The molecule has 1 saturated carbocycles. The highest BCUT2D eigenvalue weighted by molar-refractivity contribution is 5.70. The van der Waals surface area contributed by atoms with Gasteiger partial charge in [0.1, 0.15) is 18.0 Å². The minimum atomic E-state index is -0.883. The topological polar surface area (TPSA) is 80.7 Å². The van der Waals surface area contributed by atoms with Crippen molar-refractivity contribution in [3.63, 3.8) is 0 Å². The molecule has 2 N–H and O–H groups in total. The van der Waals surface area contributed by atoms with Crippen LogP contribution in [0.15, 0.2) is 42.6 Å². The summed E-state index contributed by atoms with van der Waals surface area (Å²) in [5.41, 5.74) is -0.148. The van der Waals surface area contributed by atoms with Crippen LogP contribution in [0.4, 0.5) is 9.18 Å². The molecule has 156 valence electrons. The summed E-state index contributed by atoms with van der Waals surface area (Å²) in [5, 5.41) is 12.3. The first-order chi connectivity index (χ1) is 13.7. The Bertz CT molecular complexity index is 854. The molecule has 1 aromatic heterocycles. The van der Waals surface area contributed by atoms with Crippen LogP contribution in [0.5, 0.6) is 5.88 Å². The van der Waals surface area contributed by atoms with E-state index in [1.54, 1.807) is 20.8 Å². The highest BCUT2D eigenvalue weighted by atomic mass is 19.1. The number of aliphatic hydroxyl groups excluding tert-OH is 1. The monoisotopic (exact) mass is 402 g/mol. The lowest BCUT2D eigenvalue weighted by atomic mass is 10.0. The first-order valence-corrected chi connectivity index (χ1v) is 9.68. The van der Waals surface area contributed by atoms with Crippen LogP contribution in [0.25, 0.3) is 0 Å². The number of carbonyl (C=O) groups excluding carboxylic acids is 1. The molecule has 0 spiro atoms. The van der Waals surface area contributed by atoms with Crippen LogP contribution < -0.4 is 10.1 Å². The molecule has 1 fully saturated rings. The molecule has 2 unspecified atom stereocenters. The highest BCUT2D eigenvalue weighted by Crippen LogP contribution is 2.56. The van der Waals surface area contributed by atoms with E-state index >= 15 is 0 Å². The highest BCUT2D eigenvalue weighted by Gasteiger charge is 2.58. The van der Waals surface area contributed by atoms with Gasteiger partial charge in [-0.2, -0.15) is 0 Å². The lowest BCUT2D eigenvalue weighted by molar-refractivity contribution is 0.0486. The van der Waals surface area contributed by atoms with Crippen LogP contribution in [-0.2, 0) is 16.9 Å². The Morgan fingerprint density at radius 1 is 1.34 bits per heavy atom. The number of alkyl carbamates (subject to hydrolysis) is 1. The van der Waals surface area contributed by atoms with Gasteiger partial charge in [-0.3, -0.25) is 0 Å². The van der Waals surface area contributed by atoms with Crippen molar-refractivity contribution in [2.45, 2.75) is 51.4 Å². The number of pyridine rings is 1. The Morgan fingerprint density at radius 3 is 2.72 bits per heavy atom. The van der Waals surface area contributed by atoms with Crippen molar-refractivity contribution in [2.24, 2.45) is 5.92 Å². The molecule has 0 bridgehead atoms. The number of ether oxygens (including phenoxy) is 2. The fraction of sp³-hybridized carbons (Fsp3) is 0.455. The molecule has 0 radical (unpaired) electrons. The largest absolute Gasteiger partial charge is 0.473 e. The van der Waals surface area contributed by atoms with E-state index in [1.165, 1.54) is 6.07 Å². The zero-order valence-electron chi connectivity index (χ0n) is 16.9. The van der Waals surface area contributed by atoms with E-state index in [4.69, 9.17) is 9.47 Å². The molecule has 3 rings (SSSR count). The molecule has 7 heteroatoms. The van der Waals surface area contributed by atoms with E-state index in [9.17, 15) is 14.3 Å². The molecule has 1 aromatic carbocycles. The number of hydrogen-bond acceptors (Lipinski definition) is 5. The Labute approximate surface area is 170 Å². The number of hydrogen-bond donors (Lipinski definition) is 2. The van der Waals surface area contributed by atoms with E-state index < -0.39 is 23.1 Å². The first-order valence-electron chi connectivity index (χ1n) is 9.68. The molecule has 1 amide bonds. The minimum absolute atomic E-state index is 0.0363. The number of benzene rings is 1. The van der Waals surface area contributed by atoms with Crippen molar-refractivity contribution in [2.75, 3.05) is 6.61 Å². The number of aliphatic hydroxyl groups is 1. The molecule has 0 aliphatic heterocycles. The zero-order chi connectivity index (χ0) is 21.1. The molecule has 1 aliphatic rings. The van der Waals surface area contributed by atoms with Gasteiger partial charge in [-0.05, 0) is 51.2 Å². The van der Waals surface area contributed by atoms with E-state index in [2.05, 4.69) is 10.3 Å². The number of rotatable bonds is 7. The van der Waals surface area contributed by atoms with Crippen molar-refractivity contribution >= 4 is 6.09 Å². The summed E-state index contributed by atoms with van der Waals surface area (Å²) < 4.78 is 25.4. The summed E-state index contributed by atoms with van der Waals surface area (Å²) >= 11 is 0. The number of halogens is 1. The van der Waals surface area contributed by atoms with Crippen LogP contribution in [0, 0.1) is 11.7 Å². The van der Waals surface area contributed by atoms with Crippen LogP contribution in [0.2, 0.25) is 0 Å². The van der Waals surface area contributed by atoms with Gasteiger partial charge in [0, 0.05) is 12.2 Å². The quantitative estimate of drug-likeness (QED) is 0.734. The molecule has 29 heavy (non-hydrogen) atoms. The van der Waals surface area contributed by atoms with Crippen molar-refractivity contribution in [1.82, 2.24) is 10.3 Å². The van der Waals surface area contributed by atoms with E-state index in [0.717, 1.165) is 11.8 Å². The zero-order valence-corrected chi connectivity index (χ0v) is 16.9. The predicted molar refractivity (Wildman–Crippen MR) is 106 cm³/mol. The maximum Gasteiger partial charge on any atom is 0.408 e. The fourth-order valence-electron chi connectivity index (χ4n) is 3.46.